The summed E-state index contributed by atoms with van der Waals surface area (Å²) in [6.45, 7) is 3.77. The number of ether oxygens (including phenoxy) is 2. The summed E-state index contributed by atoms with van der Waals surface area (Å²) in [5.74, 6) is 0.367. The van der Waals surface area contributed by atoms with Gasteiger partial charge in [0.05, 0.1) is 20.6 Å². The predicted molar refractivity (Wildman–Crippen MR) is 63.2 cm³/mol. The van der Waals surface area contributed by atoms with Gasteiger partial charge in [0.1, 0.15) is 5.75 Å². The number of hydrogen-bond donors (Lipinski definition) is 0. The smallest absolute Gasteiger partial charge is 0.310 e. The maximum absolute atomic E-state index is 11.3. The van der Waals surface area contributed by atoms with E-state index in [9.17, 15) is 4.79 Å². The van der Waals surface area contributed by atoms with Crippen LogP contribution in [0.25, 0.3) is 0 Å². The zero-order valence-electron chi connectivity index (χ0n) is 9.89. The van der Waals surface area contributed by atoms with Crippen LogP contribution in [-0.4, -0.2) is 20.2 Å². The minimum atomic E-state index is -0.304. The van der Waals surface area contributed by atoms with Gasteiger partial charge in [0.15, 0.2) is 0 Å². The van der Waals surface area contributed by atoms with Gasteiger partial charge in [0, 0.05) is 10.6 Å². The third-order valence-corrected chi connectivity index (χ3v) is 3.12. The van der Waals surface area contributed by atoms with Crippen molar-refractivity contribution in [2.24, 2.45) is 0 Å². The maximum Gasteiger partial charge on any atom is 0.310 e. The van der Waals surface area contributed by atoms with Crippen molar-refractivity contribution in [1.29, 1.82) is 0 Å². The van der Waals surface area contributed by atoms with Gasteiger partial charge in [-0.25, -0.2) is 0 Å². The lowest BCUT2D eigenvalue weighted by atomic mass is 10.0. The molecule has 0 aliphatic heterocycles. The third-order valence-electron chi connectivity index (χ3n) is 2.54. The lowest BCUT2D eigenvalue weighted by Gasteiger charge is -2.14. The second-order valence-corrected chi connectivity index (χ2v) is 3.94. The van der Waals surface area contributed by atoms with Crippen molar-refractivity contribution >= 4 is 17.6 Å². The number of aryl methyl sites for hydroxylation is 1. The average molecular weight is 243 g/mol. The van der Waals surface area contributed by atoms with Crippen molar-refractivity contribution in [1.82, 2.24) is 0 Å². The van der Waals surface area contributed by atoms with E-state index in [4.69, 9.17) is 16.3 Å². The lowest BCUT2D eigenvalue weighted by molar-refractivity contribution is -0.139. The van der Waals surface area contributed by atoms with Crippen molar-refractivity contribution in [3.8, 4) is 5.75 Å². The lowest BCUT2D eigenvalue weighted by Crippen LogP contribution is -2.08. The van der Waals surface area contributed by atoms with Crippen LogP contribution < -0.4 is 4.74 Å². The van der Waals surface area contributed by atoms with Gasteiger partial charge in [-0.1, -0.05) is 11.6 Å². The van der Waals surface area contributed by atoms with Crippen LogP contribution in [0.15, 0.2) is 6.07 Å². The molecule has 1 rings (SSSR count). The Morgan fingerprint density at radius 1 is 1.38 bits per heavy atom. The Labute approximate surface area is 100 Å². The number of methoxy groups -OCH3 is 2. The van der Waals surface area contributed by atoms with Gasteiger partial charge in [-0.15, -0.1) is 0 Å². The Balaban J connectivity index is 3.24. The Morgan fingerprint density at radius 3 is 2.50 bits per heavy atom. The minimum absolute atomic E-state index is 0.172. The van der Waals surface area contributed by atoms with Crippen LogP contribution in [0.4, 0.5) is 0 Å². The molecule has 88 valence electrons. The summed E-state index contributed by atoms with van der Waals surface area (Å²) in [6, 6.07) is 1.83. The van der Waals surface area contributed by atoms with E-state index < -0.39 is 0 Å². The number of halogens is 1. The Kier molecular flexibility index (Phi) is 4.19. The normalized spacial score (nSPS) is 10.1. The van der Waals surface area contributed by atoms with Crippen LogP contribution in [0.3, 0.4) is 0 Å². The number of carbonyl (C=O) groups excluding carboxylic acids is 1. The van der Waals surface area contributed by atoms with Crippen LogP contribution in [0, 0.1) is 13.8 Å². The average Bonchev–Trinajstić information content (AvgIpc) is 2.29. The molecule has 0 aromatic heterocycles. The van der Waals surface area contributed by atoms with Gasteiger partial charge in [0.2, 0.25) is 0 Å². The van der Waals surface area contributed by atoms with Gasteiger partial charge in [-0.2, -0.15) is 0 Å². The standard InChI is InChI=1S/C12H15ClO3/c1-7-5-10(15-3)9(6-11(14)16-4)8(2)12(7)13/h5H,6H2,1-4H3. The first-order valence-electron chi connectivity index (χ1n) is 4.90. The van der Waals surface area contributed by atoms with Crippen molar-refractivity contribution in [3.63, 3.8) is 0 Å². The molecule has 0 saturated heterocycles. The summed E-state index contributed by atoms with van der Waals surface area (Å²) in [5, 5.41) is 0.666. The molecular weight excluding hydrogens is 228 g/mol. The van der Waals surface area contributed by atoms with Crippen molar-refractivity contribution in [2.75, 3.05) is 14.2 Å². The van der Waals surface area contributed by atoms with E-state index in [-0.39, 0.29) is 12.4 Å². The summed E-state index contributed by atoms with van der Waals surface area (Å²) in [5.41, 5.74) is 2.58. The van der Waals surface area contributed by atoms with E-state index >= 15 is 0 Å². The minimum Gasteiger partial charge on any atom is -0.496 e. The van der Waals surface area contributed by atoms with Crippen LogP contribution in [-0.2, 0) is 16.0 Å². The molecule has 0 amide bonds. The fourth-order valence-electron chi connectivity index (χ4n) is 1.58. The predicted octanol–water partition coefficient (Wildman–Crippen LogP) is 2.68. The molecule has 16 heavy (non-hydrogen) atoms. The molecule has 0 atom stereocenters. The molecule has 0 aliphatic carbocycles. The molecule has 0 aliphatic rings. The Morgan fingerprint density at radius 2 is 2.00 bits per heavy atom. The number of hydrogen-bond acceptors (Lipinski definition) is 3. The number of benzene rings is 1. The molecule has 1 aromatic rings. The molecule has 0 radical (unpaired) electrons. The van der Waals surface area contributed by atoms with Gasteiger partial charge in [-0.3, -0.25) is 4.79 Å². The highest BCUT2D eigenvalue weighted by Crippen LogP contribution is 2.31. The number of rotatable bonds is 3. The quantitative estimate of drug-likeness (QED) is 0.765. The van der Waals surface area contributed by atoms with Crippen LogP contribution in [0.5, 0.6) is 5.75 Å². The largest absolute Gasteiger partial charge is 0.496 e. The summed E-state index contributed by atoms with van der Waals surface area (Å²) in [4.78, 5) is 11.3. The SMILES string of the molecule is COC(=O)Cc1c(OC)cc(C)c(Cl)c1C. The van der Waals surface area contributed by atoms with Crippen LogP contribution in [0.2, 0.25) is 5.02 Å². The van der Waals surface area contributed by atoms with E-state index in [0.29, 0.717) is 10.8 Å². The fourth-order valence-corrected chi connectivity index (χ4v) is 1.75. The second kappa shape index (κ2) is 5.21. The summed E-state index contributed by atoms with van der Waals surface area (Å²) in [7, 11) is 2.93. The third kappa shape index (κ3) is 2.47. The number of esters is 1. The first-order chi connectivity index (χ1) is 7.51. The van der Waals surface area contributed by atoms with E-state index in [1.54, 1.807) is 7.11 Å². The molecule has 1 aromatic carbocycles. The molecule has 0 saturated carbocycles. The first kappa shape index (κ1) is 12.8. The second-order valence-electron chi connectivity index (χ2n) is 3.57. The highest BCUT2D eigenvalue weighted by atomic mass is 35.5. The molecule has 0 spiro atoms. The fraction of sp³-hybridized carbons (Fsp3) is 0.417. The van der Waals surface area contributed by atoms with Gasteiger partial charge >= 0.3 is 5.97 Å². The first-order valence-corrected chi connectivity index (χ1v) is 5.28. The zero-order valence-corrected chi connectivity index (χ0v) is 10.6. The molecule has 0 N–H and O–H groups in total. The van der Waals surface area contributed by atoms with E-state index in [1.807, 2.05) is 19.9 Å². The van der Waals surface area contributed by atoms with Gasteiger partial charge < -0.3 is 9.47 Å². The molecule has 0 bridgehead atoms. The summed E-state index contributed by atoms with van der Waals surface area (Å²) >= 11 is 6.13. The summed E-state index contributed by atoms with van der Waals surface area (Å²) in [6.07, 6.45) is 0.172. The molecule has 0 unspecified atom stereocenters. The molecule has 0 fully saturated rings. The highest BCUT2D eigenvalue weighted by molar-refractivity contribution is 6.32. The van der Waals surface area contributed by atoms with Crippen LogP contribution in [0.1, 0.15) is 16.7 Å². The van der Waals surface area contributed by atoms with Crippen molar-refractivity contribution in [3.05, 3.63) is 27.8 Å². The Hall–Kier alpha value is -1.22. The molecule has 3 nitrogen and oxygen atoms in total. The van der Waals surface area contributed by atoms with E-state index in [0.717, 1.165) is 16.7 Å². The van der Waals surface area contributed by atoms with E-state index in [1.165, 1.54) is 7.11 Å². The highest BCUT2D eigenvalue weighted by Gasteiger charge is 2.15. The van der Waals surface area contributed by atoms with Crippen molar-refractivity contribution in [2.45, 2.75) is 20.3 Å². The van der Waals surface area contributed by atoms with Crippen LogP contribution >= 0.6 is 11.6 Å². The topological polar surface area (TPSA) is 35.5 Å². The molecular formula is C12H15ClO3. The Bertz CT molecular complexity index is 413. The number of carbonyl (C=O) groups is 1. The monoisotopic (exact) mass is 242 g/mol. The van der Waals surface area contributed by atoms with E-state index in [2.05, 4.69) is 4.74 Å². The summed E-state index contributed by atoms with van der Waals surface area (Å²) < 4.78 is 9.88. The zero-order chi connectivity index (χ0) is 12.3. The van der Waals surface area contributed by atoms with Gasteiger partial charge in [-0.05, 0) is 31.0 Å². The maximum atomic E-state index is 11.3. The van der Waals surface area contributed by atoms with Gasteiger partial charge in [0.25, 0.3) is 0 Å². The molecule has 4 heteroatoms. The van der Waals surface area contributed by atoms with Crippen molar-refractivity contribution < 1.29 is 14.3 Å². The molecule has 0 heterocycles.